The molecule has 0 unspecified atom stereocenters. The summed E-state index contributed by atoms with van der Waals surface area (Å²) in [6.45, 7) is 4.27. The Bertz CT molecular complexity index is 429. The number of anilines is 1. The van der Waals surface area contributed by atoms with Gasteiger partial charge in [0.05, 0.1) is 6.26 Å². The van der Waals surface area contributed by atoms with E-state index in [4.69, 9.17) is 10.2 Å². The number of rotatable bonds is 1. The molecule has 0 saturated heterocycles. The van der Waals surface area contributed by atoms with Gasteiger partial charge in [0, 0.05) is 11.1 Å². The third-order valence-electron chi connectivity index (χ3n) is 2.33. The second-order valence-electron chi connectivity index (χ2n) is 3.56. The number of benzene rings is 1. The van der Waals surface area contributed by atoms with Gasteiger partial charge in [-0.25, -0.2) is 0 Å². The quantitative estimate of drug-likeness (QED) is 0.676. The lowest BCUT2D eigenvalue weighted by atomic mass is 9.99. The molecular weight excluding hydrogens is 162 g/mol. The topological polar surface area (TPSA) is 39.2 Å². The second kappa shape index (κ2) is 2.80. The predicted octanol–water partition coefficient (Wildman–Crippen LogP) is 3.14. The van der Waals surface area contributed by atoms with Crippen LogP contribution in [0.1, 0.15) is 25.3 Å². The normalized spacial score (nSPS) is 11.3. The Balaban J connectivity index is 2.73. The van der Waals surface area contributed by atoms with Crippen molar-refractivity contribution in [3.05, 3.63) is 30.0 Å². The predicted molar refractivity (Wildman–Crippen MR) is 54.7 cm³/mol. The van der Waals surface area contributed by atoms with E-state index in [2.05, 4.69) is 13.8 Å². The summed E-state index contributed by atoms with van der Waals surface area (Å²) < 4.78 is 5.25. The van der Waals surface area contributed by atoms with Crippen LogP contribution in [0.2, 0.25) is 0 Å². The first kappa shape index (κ1) is 8.17. The Morgan fingerprint density at radius 3 is 2.69 bits per heavy atom. The maximum absolute atomic E-state index is 6.00. The van der Waals surface area contributed by atoms with Crippen molar-refractivity contribution in [2.45, 2.75) is 19.8 Å². The molecule has 13 heavy (non-hydrogen) atoms. The van der Waals surface area contributed by atoms with Gasteiger partial charge >= 0.3 is 0 Å². The Kier molecular flexibility index (Phi) is 1.76. The van der Waals surface area contributed by atoms with Crippen molar-refractivity contribution in [3.8, 4) is 0 Å². The van der Waals surface area contributed by atoms with Crippen LogP contribution in [0, 0.1) is 0 Å². The Morgan fingerprint density at radius 2 is 2.00 bits per heavy atom. The first-order valence-corrected chi connectivity index (χ1v) is 4.45. The first-order valence-electron chi connectivity index (χ1n) is 4.45. The largest absolute Gasteiger partial charge is 0.464 e. The van der Waals surface area contributed by atoms with Crippen molar-refractivity contribution in [3.63, 3.8) is 0 Å². The van der Waals surface area contributed by atoms with Crippen LogP contribution in [0.25, 0.3) is 11.0 Å². The molecule has 1 heterocycles. The molecule has 0 spiro atoms. The van der Waals surface area contributed by atoms with Crippen LogP contribution < -0.4 is 5.73 Å². The zero-order chi connectivity index (χ0) is 9.42. The van der Waals surface area contributed by atoms with Gasteiger partial charge in [-0.2, -0.15) is 0 Å². The molecule has 0 aliphatic heterocycles. The summed E-state index contributed by atoms with van der Waals surface area (Å²) in [6.07, 6.45) is 1.67. The molecule has 1 aromatic heterocycles. The van der Waals surface area contributed by atoms with Crippen molar-refractivity contribution < 1.29 is 4.42 Å². The summed E-state index contributed by atoms with van der Waals surface area (Å²) in [5, 5.41) is 1.02. The molecule has 2 N–H and O–H groups in total. The third-order valence-corrected chi connectivity index (χ3v) is 2.33. The highest BCUT2D eigenvalue weighted by Crippen LogP contribution is 2.30. The maximum atomic E-state index is 6.00. The fourth-order valence-corrected chi connectivity index (χ4v) is 1.59. The Hall–Kier alpha value is -1.44. The summed E-state index contributed by atoms with van der Waals surface area (Å²) in [6, 6.07) is 5.92. The van der Waals surface area contributed by atoms with Crippen LogP contribution in [0.15, 0.2) is 28.9 Å². The molecule has 1 aromatic carbocycles. The summed E-state index contributed by atoms with van der Waals surface area (Å²) in [5.41, 5.74) is 8.90. The van der Waals surface area contributed by atoms with Gasteiger partial charge in [0.25, 0.3) is 0 Å². The van der Waals surface area contributed by atoms with E-state index in [0.29, 0.717) is 5.92 Å². The fourth-order valence-electron chi connectivity index (χ4n) is 1.59. The van der Waals surface area contributed by atoms with E-state index in [1.54, 1.807) is 6.26 Å². The number of hydrogen-bond donors (Lipinski definition) is 1. The molecule has 0 amide bonds. The van der Waals surface area contributed by atoms with Crippen molar-refractivity contribution in [1.29, 1.82) is 0 Å². The van der Waals surface area contributed by atoms with E-state index in [1.807, 2.05) is 18.2 Å². The minimum Gasteiger partial charge on any atom is -0.464 e. The number of hydrogen-bond acceptors (Lipinski definition) is 2. The molecule has 2 rings (SSSR count). The standard InChI is InChI=1S/C11H13NO/c1-7(2)8-3-4-10-9(11(8)12)5-6-13-10/h3-7H,12H2,1-2H3. The van der Waals surface area contributed by atoms with Crippen LogP contribution in [-0.4, -0.2) is 0 Å². The molecule has 2 heteroatoms. The van der Waals surface area contributed by atoms with Gasteiger partial charge in [-0.05, 0) is 23.6 Å². The van der Waals surface area contributed by atoms with E-state index < -0.39 is 0 Å². The number of nitrogens with two attached hydrogens (primary N) is 1. The highest BCUT2D eigenvalue weighted by molar-refractivity contribution is 5.91. The van der Waals surface area contributed by atoms with E-state index in [-0.39, 0.29) is 0 Å². The highest BCUT2D eigenvalue weighted by Gasteiger charge is 2.08. The van der Waals surface area contributed by atoms with Gasteiger partial charge in [-0.15, -0.1) is 0 Å². The van der Waals surface area contributed by atoms with Crippen LogP contribution in [-0.2, 0) is 0 Å². The maximum Gasteiger partial charge on any atom is 0.135 e. The van der Waals surface area contributed by atoms with Crippen molar-refractivity contribution in [2.24, 2.45) is 0 Å². The lowest BCUT2D eigenvalue weighted by Crippen LogP contribution is -1.96. The fraction of sp³-hybridized carbons (Fsp3) is 0.273. The van der Waals surface area contributed by atoms with Crippen molar-refractivity contribution >= 4 is 16.7 Å². The van der Waals surface area contributed by atoms with Gasteiger partial charge in [0.15, 0.2) is 0 Å². The lowest BCUT2D eigenvalue weighted by molar-refractivity contribution is 0.616. The van der Waals surface area contributed by atoms with Crippen molar-refractivity contribution in [2.75, 3.05) is 5.73 Å². The molecule has 0 fully saturated rings. The van der Waals surface area contributed by atoms with E-state index in [0.717, 1.165) is 16.7 Å². The van der Waals surface area contributed by atoms with Gasteiger partial charge in [0.2, 0.25) is 0 Å². The van der Waals surface area contributed by atoms with Crippen LogP contribution >= 0.6 is 0 Å². The zero-order valence-electron chi connectivity index (χ0n) is 7.87. The number of fused-ring (bicyclic) bond motifs is 1. The van der Waals surface area contributed by atoms with Gasteiger partial charge in [0.1, 0.15) is 5.58 Å². The molecule has 0 saturated carbocycles. The molecule has 2 aromatic rings. The number of nitrogen functional groups attached to an aromatic ring is 1. The molecule has 0 atom stereocenters. The molecule has 0 aliphatic carbocycles. The average Bonchev–Trinajstić information content (AvgIpc) is 2.52. The molecule has 68 valence electrons. The summed E-state index contributed by atoms with van der Waals surface area (Å²) in [7, 11) is 0. The lowest BCUT2D eigenvalue weighted by Gasteiger charge is -2.08. The van der Waals surface area contributed by atoms with Gasteiger partial charge < -0.3 is 10.2 Å². The van der Waals surface area contributed by atoms with Crippen LogP contribution in [0.5, 0.6) is 0 Å². The van der Waals surface area contributed by atoms with E-state index >= 15 is 0 Å². The minimum atomic E-state index is 0.458. The van der Waals surface area contributed by atoms with E-state index in [1.165, 1.54) is 5.56 Å². The summed E-state index contributed by atoms with van der Waals surface area (Å²) >= 11 is 0. The van der Waals surface area contributed by atoms with Crippen LogP contribution in [0.4, 0.5) is 5.69 Å². The third kappa shape index (κ3) is 1.18. The molecule has 0 radical (unpaired) electrons. The summed E-state index contributed by atoms with van der Waals surface area (Å²) in [5.74, 6) is 0.458. The Labute approximate surface area is 77.3 Å². The van der Waals surface area contributed by atoms with Gasteiger partial charge in [-0.3, -0.25) is 0 Å². The molecule has 0 aliphatic rings. The zero-order valence-corrected chi connectivity index (χ0v) is 7.87. The monoisotopic (exact) mass is 175 g/mol. The van der Waals surface area contributed by atoms with E-state index in [9.17, 15) is 0 Å². The molecule has 0 bridgehead atoms. The van der Waals surface area contributed by atoms with Crippen molar-refractivity contribution in [1.82, 2.24) is 0 Å². The first-order chi connectivity index (χ1) is 6.20. The second-order valence-corrected chi connectivity index (χ2v) is 3.56. The van der Waals surface area contributed by atoms with Crippen LogP contribution in [0.3, 0.4) is 0 Å². The molecule has 2 nitrogen and oxygen atoms in total. The Morgan fingerprint density at radius 1 is 1.23 bits per heavy atom. The average molecular weight is 175 g/mol. The molecular formula is C11H13NO. The summed E-state index contributed by atoms with van der Waals surface area (Å²) in [4.78, 5) is 0. The van der Waals surface area contributed by atoms with Gasteiger partial charge in [-0.1, -0.05) is 19.9 Å². The number of furan rings is 1. The minimum absolute atomic E-state index is 0.458. The highest BCUT2D eigenvalue weighted by atomic mass is 16.3. The SMILES string of the molecule is CC(C)c1ccc2occc2c1N. The smallest absolute Gasteiger partial charge is 0.135 e.